The molecule has 0 aromatic carbocycles. The number of carbonyl (C=O) groups excluding carboxylic acids is 2. The molecule has 0 aromatic rings. The van der Waals surface area contributed by atoms with Gasteiger partial charge in [0.15, 0.2) is 5.78 Å². The van der Waals surface area contributed by atoms with Gasteiger partial charge in [0.1, 0.15) is 11.9 Å². The van der Waals surface area contributed by atoms with Gasteiger partial charge in [0.2, 0.25) is 0 Å². The van der Waals surface area contributed by atoms with E-state index in [9.17, 15) is 14.7 Å². The topological polar surface area (TPSA) is 74.6 Å². The lowest BCUT2D eigenvalue weighted by Gasteiger charge is -2.08. The second-order valence-electron chi connectivity index (χ2n) is 5.17. The largest absolute Gasteiger partial charge is 0.396 e. The van der Waals surface area contributed by atoms with Crippen molar-refractivity contribution < 1.29 is 19.8 Å². The fourth-order valence-electron chi connectivity index (χ4n) is 1.96. The van der Waals surface area contributed by atoms with Gasteiger partial charge in [-0.05, 0) is 26.2 Å². The van der Waals surface area contributed by atoms with Crippen LogP contribution in [-0.4, -0.2) is 34.5 Å². The summed E-state index contributed by atoms with van der Waals surface area (Å²) in [7, 11) is 0. The van der Waals surface area contributed by atoms with E-state index in [1.165, 1.54) is 6.92 Å². The number of hydrogen-bond acceptors (Lipinski definition) is 4. The summed E-state index contributed by atoms with van der Waals surface area (Å²) in [6, 6.07) is 0. The first-order valence-electron chi connectivity index (χ1n) is 7.39. The molecule has 0 bridgehead atoms. The summed E-state index contributed by atoms with van der Waals surface area (Å²) in [6.07, 6.45) is 7.12. The minimum Gasteiger partial charge on any atom is -0.396 e. The lowest BCUT2D eigenvalue weighted by atomic mass is 10.0. The highest BCUT2D eigenvalue weighted by Gasteiger charge is 2.14. The lowest BCUT2D eigenvalue weighted by molar-refractivity contribution is -0.128. The maximum atomic E-state index is 11.5. The Morgan fingerprint density at radius 2 is 1.42 bits per heavy atom. The van der Waals surface area contributed by atoms with Gasteiger partial charge in [-0.1, -0.05) is 32.1 Å². The Labute approximate surface area is 116 Å². The van der Waals surface area contributed by atoms with E-state index in [0.717, 1.165) is 44.9 Å². The first-order chi connectivity index (χ1) is 9.07. The fourth-order valence-corrected chi connectivity index (χ4v) is 1.96. The van der Waals surface area contributed by atoms with E-state index in [2.05, 4.69) is 0 Å². The SMILES string of the molecule is CC(=O)CCC(O)C(=O)CCCCCCCCCO. The van der Waals surface area contributed by atoms with Gasteiger partial charge in [-0.3, -0.25) is 4.79 Å². The van der Waals surface area contributed by atoms with Crippen LogP contribution >= 0.6 is 0 Å². The Hall–Kier alpha value is -0.740. The van der Waals surface area contributed by atoms with Crippen LogP contribution in [-0.2, 0) is 9.59 Å². The van der Waals surface area contributed by atoms with E-state index in [1.807, 2.05) is 0 Å². The smallest absolute Gasteiger partial charge is 0.161 e. The molecular weight excluding hydrogens is 244 g/mol. The monoisotopic (exact) mass is 272 g/mol. The van der Waals surface area contributed by atoms with E-state index in [0.29, 0.717) is 6.42 Å². The third-order valence-electron chi connectivity index (χ3n) is 3.22. The van der Waals surface area contributed by atoms with Crippen molar-refractivity contribution in [1.29, 1.82) is 0 Å². The van der Waals surface area contributed by atoms with Gasteiger partial charge in [-0.2, -0.15) is 0 Å². The van der Waals surface area contributed by atoms with Gasteiger partial charge in [-0.25, -0.2) is 0 Å². The fraction of sp³-hybridized carbons (Fsp3) is 0.867. The summed E-state index contributed by atoms with van der Waals surface area (Å²) in [4.78, 5) is 22.3. The standard InChI is InChI=1S/C15H28O4/c1-13(17)10-11-15(19)14(18)9-7-5-3-2-4-6-8-12-16/h15-16,19H,2-12H2,1H3. The number of Topliss-reactive ketones (excluding diaryl/α,β-unsaturated/α-hetero) is 2. The summed E-state index contributed by atoms with van der Waals surface area (Å²) in [5.74, 6) is -0.128. The minimum absolute atomic E-state index is 0.00901. The quantitative estimate of drug-likeness (QED) is 0.505. The highest BCUT2D eigenvalue weighted by atomic mass is 16.3. The molecule has 0 amide bonds. The van der Waals surface area contributed by atoms with Crippen LogP contribution in [0, 0.1) is 0 Å². The molecule has 4 heteroatoms. The molecule has 0 heterocycles. The number of unbranched alkanes of at least 4 members (excludes halogenated alkanes) is 6. The maximum absolute atomic E-state index is 11.5. The molecule has 19 heavy (non-hydrogen) atoms. The molecule has 0 aliphatic carbocycles. The number of hydrogen-bond donors (Lipinski definition) is 2. The molecular formula is C15H28O4. The van der Waals surface area contributed by atoms with Crippen molar-refractivity contribution in [2.45, 2.75) is 77.2 Å². The molecule has 1 unspecified atom stereocenters. The zero-order valence-corrected chi connectivity index (χ0v) is 12.1. The van der Waals surface area contributed by atoms with Gasteiger partial charge in [0, 0.05) is 19.4 Å². The van der Waals surface area contributed by atoms with Crippen LogP contribution < -0.4 is 0 Å². The highest BCUT2D eigenvalue weighted by molar-refractivity contribution is 5.83. The number of carbonyl (C=O) groups is 2. The van der Waals surface area contributed by atoms with E-state index in [-0.39, 0.29) is 31.0 Å². The molecule has 0 radical (unpaired) electrons. The first kappa shape index (κ1) is 18.3. The van der Waals surface area contributed by atoms with E-state index >= 15 is 0 Å². The van der Waals surface area contributed by atoms with Crippen LogP contribution in [0.5, 0.6) is 0 Å². The molecule has 112 valence electrons. The van der Waals surface area contributed by atoms with Gasteiger partial charge >= 0.3 is 0 Å². The van der Waals surface area contributed by atoms with Crippen LogP contribution in [0.25, 0.3) is 0 Å². The van der Waals surface area contributed by atoms with Crippen molar-refractivity contribution in [2.24, 2.45) is 0 Å². The number of rotatable bonds is 13. The summed E-state index contributed by atoms with van der Waals surface area (Å²) in [6.45, 7) is 1.74. The number of aliphatic hydroxyl groups is 2. The maximum Gasteiger partial charge on any atom is 0.161 e. The van der Waals surface area contributed by atoms with Gasteiger partial charge in [-0.15, -0.1) is 0 Å². The molecule has 2 N–H and O–H groups in total. The van der Waals surface area contributed by atoms with E-state index < -0.39 is 6.10 Å². The normalized spacial score (nSPS) is 12.4. The second kappa shape index (κ2) is 12.3. The Balaban J connectivity index is 3.39. The van der Waals surface area contributed by atoms with E-state index in [1.54, 1.807) is 0 Å². The summed E-state index contributed by atoms with van der Waals surface area (Å²) < 4.78 is 0. The van der Waals surface area contributed by atoms with Crippen LogP contribution in [0.1, 0.15) is 71.1 Å². The highest BCUT2D eigenvalue weighted by Crippen LogP contribution is 2.10. The van der Waals surface area contributed by atoms with Crippen LogP contribution in [0.15, 0.2) is 0 Å². The van der Waals surface area contributed by atoms with Crippen molar-refractivity contribution in [3.8, 4) is 0 Å². The summed E-state index contributed by atoms with van der Waals surface area (Å²) in [5.41, 5.74) is 0. The van der Waals surface area contributed by atoms with Crippen LogP contribution in [0.2, 0.25) is 0 Å². The number of ketones is 2. The molecule has 0 aliphatic rings. The van der Waals surface area contributed by atoms with Crippen molar-refractivity contribution >= 4 is 11.6 Å². The average molecular weight is 272 g/mol. The molecule has 0 saturated heterocycles. The molecule has 0 aromatic heterocycles. The van der Waals surface area contributed by atoms with Crippen molar-refractivity contribution in [1.82, 2.24) is 0 Å². The zero-order valence-electron chi connectivity index (χ0n) is 12.1. The molecule has 0 fully saturated rings. The lowest BCUT2D eigenvalue weighted by Crippen LogP contribution is -2.20. The van der Waals surface area contributed by atoms with Gasteiger partial charge in [0.25, 0.3) is 0 Å². The predicted octanol–water partition coefficient (Wildman–Crippen LogP) is 2.40. The third-order valence-corrected chi connectivity index (χ3v) is 3.22. The minimum atomic E-state index is -0.964. The van der Waals surface area contributed by atoms with Crippen molar-refractivity contribution in [3.63, 3.8) is 0 Å². The Morgan fingerprint density at radius 3 is 1.95 bits per heavy atom. The Kier molecular flexibility index (Phi) is 11.8. The predicted molar refractivity (Wildman–Crippen MR) is 75.0 cm³/mol. The number of aliphatic hydroxyl groups excluding tert-OH is 2. The second-order valence-corrected chi connectivity index (χ2v) is 5.17. The van der Waals surface area contributed by atoms with Gasteiger partial charge < -0.3 is 15.0 Å². The Morgan fingerprint density at radius 1 is 0.895 bits per heavy atom. The zero-order chi connectivity index (χ0) is 14.5. The molecule has 0 spiro atoms. The van der Waals surface area contributed by atoms with Crippen molar-refractivity contribution in [3.05, 3.63) is 0 Å². The summed E-state index contributed by atoms with van der Waals surface area (Å²) in [5, 5.41) is 18.2. The molecule has 4 nitrogen and oxygen atoms in total. The van der Waals surface area contributed by atoms with Crippen LogP contribution in [0.4, 0.5) is 0 Å². The summed E-state index contributed by atoms with van der Waals surface area (Å²) >= 11 is 0. The molecule has 0 rings (SSSR count). The first-order valence-corrected chi connectivity index (χ1v) is 7.39. The van der Waals surface area contributed by atoms with Gasteiger partial charge in [0.05, 0.1) is 0 Å². The average Bonchev–Trinajstić information content (AvgIpc) is 2.38. The third kappa shape index (κ3) is 12.1. The molecule has 0 aliphatic heterocycles. The van der Waals surface area contributed by atoms with Crippen molar-refractivity contribution in [2.75, 3.05) is 6.61 Å². The van der Waals surface area contributed by atoms with E-state index in [4.69, 9.17) is 5.11 Å². The molecule has 0 saturated carbocycles. The van der Waals surface area contributed by atoms with Crippen LogP contribution in [0.3, 0.4) is 0 Å². The Bertz CT molecular complexity index is 251. The molecule has 1 atom stereocenters.